The van der Waals surface area contributed by atoms with Gasteiger partial charge in [0.15, 0.2) is 0 Å². The molecule has 1 heterocycles. The van der Waals surface area contributed by atoms with Crippen molar-refractivity contribution in [1.29, 1.82) is 0 Å². The summed E-state index contributed by atoms with van der Waals surface area (Å²) in [5.74, 6) is 0.966. The van der Waals surface area contributed by atoms with Crippen LogP contribution in [0.3, 0.4) is 0 Å². The number of carbonyl (C=O) groups is 1. The second kappa shape index (κ2) is 10.1. The summed E-state index contributed by atoms with van der Waals surface area (Å²) in [4.78, 5) is 17.2. The predicted octanol–water partition coefficient (Wildman–Crippen LogP) is 6.86. The molecule has 0 spiro atoms. The average Bonchev–Trinajstić information content (AvgIpc) is 2.81. The zero-order valence-electron chi connectivity index (χ0n) is 18.8. The van der Waals surface area contributed by atoms with Gasteiger partial charge in [0.2, 0.25) is 0 Å². The fraction of sp³-hybridized carbons (Fsp3) is 0.207. The lowest BCUT2D eigenvalue weighted by Crippen LogP contribution is -2.46. The molecule has 2 nitrogen and oxygen atoms in total. The van der Waals surface area contributed by atoms with E-state index in [0.717, 1.165) is 28.9 Å². The van der Waals surface area contributed by atoms with Gasteiger partial charge in [0.1, 0.15) is 0 Å². The first-order valence-electron chi connectivity index (χ1n) is 11.0. The third-order valence-electron chi connectivity index (χ3n) is 6.03. The predicted molar refractivity (Wildman–Crippen MR) is 136 cm³/mol. The van der Waals surface area contributed by atoms with Crippen molar-refractivity contribution in [2.24, 2.45) is 0 Å². The quantitative estimate of drug-likeness (QED) is 0.309. The largest absolute Gasteiger partial charge is 0.330 e. The number of rotatable bonds is 6. The van der Waals surface area contributed by atoms with Crippen molar-refractivity contribution >= 4 is 23.7 Å². The highest BCUT2D eigenvalue weighted by molar-refractivity contribution is 7.99. The van der Waals surface area contributed by atoms with Crippen molar-refractivity contribution in [1.82, 2.24) is 4.90 Å². The summed E-state index contributed by atoms with van der Waals surface area (Å²) in [6.45, 7) is 8.58. The molecule has 0 bridgehead atoms. The summed E-state index contributed by atoms with van der Waals surface area (Å²) in [5.41, 5.74) is 6.68. The number of allylic oxidation sites excluding steroid dienone is 2. The fourth-order valence-electron chi connectivity index (χ4n) is 4.21. The lowest BCUT2D eigenvalue weighted by atomic mass is 9.93. The van der Waals surface area contributed by atoms with Crippen molar-refractivity contribution in [3.63, 3.8) is 0 Å². The van der Waals surface area contributed by atoms with E-state index >= 15 is 0 Å². The molecule has 162 valence electrons. The van der Waals surface area contributed by atoms with Crippen LogP contribution in [0, 0.1) is 13.8 Å². The number of nitrogens with zero attached hydrogens (tertiary/aromatic N) is 1. The molecule has 1 atom stereocenters. The van der Waals surface area contributed by atoms with E-state index in [9.17, 15) is 4.79 Å². The Hall–Kier alpha value is -3.04. The summed E-state index contributed by atoms with van der Waals surface area (Å²) < 4.78 is 0. The zero-order valence-corrected chi connectivity index (χ0v) is 19.6. The van der Waals surface area contributed by atoms with E-state index in [1.165, 1.54) is 21.6 Å². The van der Waals surface area contributed by atoms with Crippen molar-refractivity contribution in [2.75, 3.05) is 5.75 Å². The van der Waals surface area contributed by atoms with Gasteiger partial charge in [-0.15, -0.1) is 11.8 Å². The normalized spacial score (nSPS) is 15.6. The molecule has 3 aromatic rings. The van der Waals surface area contributed by atoms with Gasteiger partial charge in [0.25, 0.3) is 5.91 Å². The van der Waals surface area contributed by atoms with E-state index in [0.29, 0.717) is 6.54 Å². The standard InChI is InChI=1S/C29H29NOS/c1-4-5-12-27-22(3)9-8-13-28(27)29(31)30-19-24-11-7-6-10-23(24)18-25(30)20-32-26-16-14-21(2)15-17-26/h4-17,25H,1,18-20H2,2-3H3/b12-5-. The highest BCUT2D eigenvalue weighted by Gasteiger charge is 2.31. The SMILES string of the molecule is C=C/C=C\c1c(C)cccc1C(=O)N1Cc2ccccc2CC1CSc1ccc(C)cc1. The van der Waals surface area contributed by atoms with Gasteiger partial charge in [0.05, 0.1) is 0 Å². The van der Waals surface area contributed by atoms with E-state index in [4.69, 9.17) is 0 Å². The summed E-state index contributed by atoms with van der Waals surface area (Å²) >= 11 is 1.83. The van der Waals surface area contributed by atoms with Crippen LogP contribution in [0.1, 0.15) is 38.2 Å². The molecule has 0 saturated carbocycles. The smallest absolute Gasteiger partial charge is 0.255 e. The Morgan fingerprint density at radius 3 is 2.53 bits per heavy atom. The minimum atomic E-state index is 0.0985. The Balaban J connectivity index is 1.65. The highest BCUT2D eigenvalue weighted by atomic mass is 32.2. The molecule has 3 heteroatoms. The summed E-state index contributed by atoms with van der Waals surface area (Å²) in [7, 11) is 0. The van der Waals surface area contributed by atoms with Gasteiger partial charge in [-0.25, -0.2) is 0 Å². The number of hydrogen-bond donors (Lipinski definition) is 0. The van der Waals surface area contributed by atoms with E-state index in [2.05, 4.69) is 79.9 Å². The molecule has 0 fully saturated rings. The number of benzene rings is 3. The molecule has 0 radical (unpaired) electrons. The Morgan fingerprint density at radius 2 is 1.78 bits per heavy atom. The maximum Gasteiger partial charge on any atom is 0.255 e. The maximum absolute atomic E-state index is 13.9. The van der Waals surface area contributed by atoms with Crippen LogP contribution < -0.4 is 0 Å². The number of thioether (sulfide) groups is 1. The van der Waals surface area contributed by atoms with E-state index in [1.54, 1.807) is 6.08 Å². The van der Waals surface area contributed by atoms with Crippen LogP contribution in [0.5, 0.6) is 0 Å². The average molecular weight is 440 g/mol. The Bertz CT molecular complexity index is 1150. The van der Waals surface area contributed by atoms with Gasteiger partial charge in [-0.1, -0.05) is 78.9 Å². The van der Waals surface area contributed by atoms with Crippen LogP contribution in [0.2, 0.25) is 0 Å². The first-order valence-corrected chi connectivity index (χ1v) is 12.0. The van der Waals surface area contributed by atoms with Crippen LogP contribution >= 0.6 is 11.8 Å². The van der Waals surface area contributed by atoms with Crippen molar-refractivity contribution < 1.29 is 4.79 Å². The highest BCUT2D eigenvalue weighted by Crippen LogP contribution is 2.30. The molecular formula is C29H29NOS. The Labute approximate surface area is 195 Å². The molecule has 0 aliphatic carbocycles. The minimum Gasteiger partial charge on any atom is -0.330 e. The van der Waals surface area contributed by atoms with Crippen LogP contribution in [0.4, 0.5) is 0 Å². The first kappa shape index (κ1) is 22.2. The molecule has 32 heavy (non-hydrogen) atoms. The number of hydrogen-bond acceptors (Lipinski definition) is 2. The third-order valence-corrected chi connectivity index (χ3v) is 7.19. The van der Waals surface area contributed by atoms with Crippen LogP contribution in [-0.4, -0.2) is 22.6 Å². The van der Waals surface area contributed by atoms with Crippen molar-refractivity contribution in [3.05, 3.63) is 119 Å². The molecule has 3 aromatic carbocycles. The molecule has 0 aromatic heterocycles. The number of carbonyl (C=O) groups excluding carboxylic acids is 1. The first-order chi connectivity index (χ1) is 15.6. The van der Waals surface area contributed by atoms with E-state index in [1.807, 2.05) is 36.0 Å². The summed E-state index contributed by atoms with van der Waals surface area (Å²) in [6.07, 6.45) is 6.52. The molecule has 1 unspecified atom stereocenters. The fourth-order valence-corrected chi connectivity index (χ4v) is 5.22. The molecule has 4 rings (SSSR count). The lowest BCUT2D eigenvalue weighted by molar-refractivity contribution is 0.0662. The van der Waals surface area contributed by atoms with Gasteiger partial charge in [-0.3, -0.25) is 4.79 Å². The second-order valence-corrected chi connectivity index (χ2v) is 9.41. The topological polar surface area (TPSA) is 20.3 Å². The van der Waals surface area contributed by atoms with E-state index in [-0.39, 0.29) is 11.9 Å². The van der Waals surface area contributed by atoms with Gasteiger partial charge in [-0.2, -0.15) is 0 Å². The van der Waals surface area contributed by atoms with Gasteiger partial charge >= 0.3 is 0 Å². The second-order valence-electron chi connectivity index (χ2n) is 8.31. The third kappa shape index (κ3) is 4.89. The maximum atomic E-state index is 13.9. The van der Waals surface area contributed by atoms with Gasteiger partial charge in [0, 0.05) is 28.8 Å². The summed E-state index contributed by atoms with van der Waals surface area (Å²) in [5, 5.41) is 0. The molecule has 1 aliphatic heterocycles. The molecule has 1 amide bonds. The van der Waals surface area contributed by atoms with Gasteiger partial charge < -0.3 is 4.90 Å². The molecule has 0 N–H and O–H groups in total. The van der Waals surface area contributed by atoms with E-state index < -0.39 is 0 Å². The molecule has 1 aliphatic rings. The van der Waals surface area contributed by atoms with Crippen molar-refractivity contribution in [3.8, 4) is 0 Å². The Kier molecular flexibility index (Phi) is 6.96. The number of fused-ring (bicyclic) bond motifs is 1. The van der Waals surface area contributed by atoms with Crippen LogP contribution in [-0.2, 0) is 13.0 Å². The van der Waals surface area contributed by atoms with Crippen LogP contribution in [0.25, 0.3) is 6.08 Å². The minimum absolute atomic E-state index is 0.0985. The van der Waals surface area contributed by atoms with Crippen molar-refractivity contribution in [2.45, 2.75) is 37.8 Å². The zero-order chi connectivity index (χ0) is 22.5. The van der Waals surface area contributed by atoms with Gasteiger partial charge in [-0.05, 0) is 60.7 Å². The number of amides is 1. The molecular weight excluding hydrogens is 410 g/mol. The summed E-state index contributed by atoms with van der Waals surface area (Å²) in [6, 6.07) is 23.2. The molecule has 0 saturated heterocycles. The number of aryl methyl sites for hydroxylation is 2. The monoisotopic (exact) mass is 439 g/mol. The lowest BCUT2D eigenvalue weighted by Gasteiger charge is -2.37. The van der Waals surface area contributed by atoms with Crippen LogP contribution in [0.15, 0.2) is 90.4 Å². The Morgan fingerprint density at radius 1 is 1.03 bits per heavy atom.